The molecule has 2 aliphatic heterocycles. The van der Waals surface area contributed by atoms with Crippen molar-refractivity contribution in [3.63, 3.8) is 0 Å². The summed E-state index contributed by atoms with van der Waals surface area (Å²) in [6.07, 6.45) is 0.580. The summed E-state index contributed by atoms with van der Waals surface area (Å²) in [5, 5.41) is 0. The van der Waals surface area contributed by atoms with E-state index in [2.05, 4.69) is 4.90 Å². The minimum Gasteiger partial charge on any atom is -0.379 e. The van der Waals surface area contributed by atoms with Gasteiger partial charge in [0.25, 0.3) is 0 Å². The van der Waals surface area contributed by atoms with Crippen LogP contribution in [-0.4, -0.2) is 87.0 Å². The Bertz CT molecular complexity index is 811. The molecule has 1 aromatic rings. The lowest BCUT2D eigenvalue weighted by atomic mass is 10.2. The van der Waals surface area contributed by atoms with E-state index in [0.717, 1.165) is 25.7 Å². The second-order valence-corrected chi connectivity index (χ2v) is 9.32. The van der Waals surface area contributed by atoms with E-state index in [9.17, 15) is 17.6 Å². The molecule has 0 saturated carbocycles. The highest BCUT2D eigenvalue weighted by Crippen LogP contribution is 2.25. The maximum Gasteiger partial charge on any atom is 0.243 e. The summed E-state index contributed by atoms with van der Waals surface area (Å²) in [5.74, 6) is -0.591. The molecule has 0 radical (unpaired) electrons. The SMILES string of the molecule is CC(=O)N(CCN1CCOCC1)C1CCN(S(=O)(=O)c2ccc(C)c(F)c2)C1. The van der Waals surface area contributed by atoms with Crippen LogP contribution in [0.3, 0.4) is 0 Å². The number of sulfonamides is 1. The molecular weight excluding hydrogens is 385 g/mol. The van der Waals surface area contributed by atoms with Crippen molar-refractivity contribution in [1.82, 2.24) is 14.1 Å². The van der Waals surface area contributed by atoms with E-state index in [1.807, 2.05) is 0 Å². The van der Waals surface area contributed by atoms with E-state index in [1.165, 1.54) is 23.4 Å². The van der Waals surface area contributed by atoms with Crippen LogP contribution in [0.15, 0.2) is 23.1 Å². The van der Waals surface area contributed by atoms with Crippen LogP contribution in [0.4, 0.5) is 4.39 Å². The van der Waals surface area contributed by atoms with Crippen LogP contribution in [0, 0.1) is 12.7 Å². The van der Waals surface area contributed by atoms with E-state index in [-0.39, 0.29) is 23.4 Å². The lowest BCUT2D eigenvalue weighted by Gasteiger charge is -2.32. The summed E-state index contributed by atoms with van der Waals surface area (Å²) in [4.78, 5) is 16.1. The predicted octanol–water partition coefficient (Wildman–Crippen LogP) is 1.08. The van der Waals surface area contributed by atoms with Gasteiger partial charge in [0.1, 0.15) is 5.82 Å². The van der Waals surface area contributed by atoms with Gasteiger partial charge in [-0.05, 0) is 31.0 Å². The van der Waals surface area contributed by atoms with Crippen LogP contribution in [0.2, 0.25) is 0 Å². The molecule has 1 aromatic carbocycles. The molecule has 2 fully saturated rings. The molecule has 3 rings (SSSR count). The molecule has 2 heterocycles. The zero-order valence-electron chi connectivity index (χ0n) is 16.4. The number of morpholine rings is 1. The van der Waals surface area contributed by atoms with Crippen molar-refractivity contribution in [1.29, 1.82) is 0 Å². The quantitative estimate of drug-likeness (QED) is 0.698. The molecule has 156 valence electrons. The molecule has 0 bridgehead atoms. The number of carbonyl (C=O) groups is 1. The minimum absolute atomic E-state index is 0.0426. The lowest BCUT2D eigenvalue weighted by molar-refractivity contribution is -0.131. The second kappa shape index (κ2) is 8.86. The van der Waals surface area contributed by atoms with Crippen molar-refractivity contribution < 1.29 is 22.3 Å². The fourth-order valence-electron chi connectivity index (χ4n) is 3.74. The molecule has 2 aliphatic rings. The molecule has 2 saturated heterocycles. The van der Waals surface area contributed by atoms with E-state index in [1.54, 1.807) is 11.8 Å². The molecule has 1 atom stereocenters. The third-order valence-corrected chi connectivity index (χ3v) is 7.37. The molecule has 7 nitrogen and oxygen atoms in total. The van der Waals surface area contributed by atoms with Crippen molar-refractivity contribution in [2.75, 3.05) is 52.5 Å². The van der Waals surface area contributed by atoms with E-state index >= 15 is 0 Å². The van der Waals surface area contributed by atoms with Gasteiger partial charge in [-0.3, -0.25) is 9.69 Å². The number of nitrogens with zero attached hydrogens (tertiary/aromatic N) is 3. The molecular formula is C19H28FN3O4S. The van der Waals surface area contributed by atoms with Gasteiger partial charge in [0, 0.05) is 52.2 Å². The van der Waals surface area contributed by atoms with Gasteiger partial charge in [-0.25, -0.2) is 12.8 Å². The van der Waals surface area contributed by atoms with Gasteiger partial charge >= 0.3 is 0 Å². The third-order valence-electron chi connectivity index (χ3n) is 5.51. The van der Waals surface area contributed by atoms with Crippen molar-refractivity contribution in [3.8, 4) is 0 Å². The fraction of sp³-hybridized carbons (Fsp3) is 0.632. The molecule has 1 unspecified atom stereocenters. The summed E-state index contributed by atoms with van der Waals surface area (Å²) < 4.78 is 46.3. The Balaban J connectivity index is 1.65. The summed E-state index contributed by atoms with van der Waals surface area (Å²) in [6.45, 7) is 8.06. The number of halogens is 1. The highest BCUT2D eigenvalue weighted by Gasteiger charge is 2.36. The molecule has 0 spiro atoms. The van der Waals surface area contributed by atoms with E-state index in [4.69, 9.17) is 4.74 Å². The number of hydrogen-bond acceptors (Lipinski definition) is 5. The largest absolute Gasteiger partial charge is 0.379 e. The maximum absolute atomic E-state index is 13.8. The topological polar surface area (TPSA) is 70.2 Å². The first-order valence-electron chi connectivity index (χ1n) is 9.62. The first-order chi connectivity index (χ1) is 13.3. The smallest absolute Gasteiger partial charge is 0.243 e. The Morgan fingerprint density at radius 1 is 1.29 bits per heavy atom. The Morgan fingerprint density at radius 2 is 2.00 bits per heavy atom. The molecule has 9 heteroatoms. The van der Waals surface area contributed by atoms with Crippen molar-refractivity contribution in [2.24, 2.45) is 0 Å². The maximum atomic E-state index is 13.8. The number of rotatable bonds is 6. The van der Waals surface area contributed by atoms with Crippen molar-refractivity contribution >= 4 is 15.9 Å². The normalized spacial score (nSPS) is 21.8. The molecule has 28 heavy (non-hydrogen) atoms. The van der Waals surface area contributed by atoms with Crippen molar-refractivity contribution in [3.05, 3.63) is 29.6 Å². The van der Waals surface area contributed by atoms with Crippen molar-refractivity contribution in [2.45, 2.75) is 31.2 Å². The number of hydrogen-bond donors (Lipinski definition) is 0. The summed E-state index contributed by atoms with van der Waals surface area (Å²) in [6, 6.07) is 3.81. The number of ether oxygens (including phenoxy) is 1. The second-order valence-electron chi connectivity index (χ2n) is 7.38. The number of benzene rings is 1. The minimum atomic E-state index is -3.78. The zero-order chi connectivity index (χ0) is 20.3. The van der Waals surface area contributed by atoms with Gasteiger partial charge in [-0.2, -0.15) is 4.31 Å². The average Bonchev–Trinajstić information content (AvgIpc) is 3.15. The summed E-state index contributed by atoms with van der Waals surface area (Å²) in [5.41, 5.74) is 0.407. The lowest BCUT2D eigenvalue weighted by Crippen LogP contribution is -2.47. The fourth-order valence-corrected chi connectivity index (χ4v) is 5.24. The number of amides is 1. The number of aryl methyl sites for hydroxylation is 1. The first kappa shape index (κ1) is 21.2. The Morgan fingerprint density at radius 3 is 2.64 bits per heavy atom. The van der Waals surface area contributed by atoms with Gasteiger partial charge in [0.15, 0.2) is 0 Å². The van der Waals surface area contributed by atoms with Crippen LogP contribution in [0.25, 0.3) is 0 Å². The zero-order valence-corrected chi connectivity index (χ0v) is 17.3. The summed E-state index contributed by atoms with van der Waals surface area (Å²) in [7, 11) is -3.78. The average molecular weight is 414 g/mol. The van der Waals surface area contributed by atoms with Crippen LogP contribution < -0.4 is 0 Å². The summed E-state index contributed by atoms with van der Waals surface area (Å²) >= 11 is 0. The van der Waals surface area contributed by atoms with Gasteiger partial charge in [-0.1, -0.05) is 6.07 Å². The molecule has 0 N–H and O–H groups in total. The van der Waals surface area contributed by atoms with E-state index in [0.29, 0.717) is 38.3 Å². The van der Waals surface area contributed by atoms with Gasteiger partial charge < -0.3 is 9.64 Å². The molecule has 1 amide bonds. The van der Waals surface area contributed by atoms with Gasteiger partial charge in [0.2, 0.25) is 15.9 Å². The van der Waals surface area contributed by atoms with Crippen LogP contribution >= 0.6 is 0 Å². The Hall–Kier alpha value is -1.55. The number of carbonyl (C=O) groups excluding carboxylic acids is 1. The predicted molar refractivity (Wildman–Crippen MR) is 103 cm³/mol. The van der Waals surface area contributed by atoms with E-state index < -0.39 is 15.8 Å². The standard InChI is InChI=1S/C19H28FN3O4S/c1-15-3-4-18(13-19(15)20)28(25,26)22-6-5-17(14-22)23(16(2)24)8-7-21-9-11-27-12-10-21/h3-4,13,17H,5-12,14H2,1-2H3. The highest BCUT2D eigenvalue weighted by atomic mass is 32.2. The third kappa shape index (κ3) is 4.71. The van der Waals surface area contributed by atoms with Gasteiger partial charge in [-0.15, -0.1) is 0 Å². The molecule has 0 aliphatic carbocycles. The Labute approximate surface area is 166 Å². The van der Waals surface area contributed by atoms with Gasteiger partial charge in [0.05, 0.1) is 18.1 Å². The molecule has 0 aromatic heterocycles. The van der Waals surface area contributed by atoms with Crippen LogP contribution in [-0.2, 0) is 19.6 Å². The first-order valence-corrected chi connectivity index (χ1v) is 11.1. The Kier molecular flexibility index (Phi) is 6.69. The van der Waals surface area contributed by atoms with Crippen LogP contribution in [0.1, 0.15) is 18.9 Å². The highest BCUT2D eigenvalue weighted by molar-refractivity contribution is 7.89. The van der Waals surface area contributed by atoms with Crippen LogP contribution in [0.5, 0.6) is 0 Å². The monoisotopic (exact) mass is 413 g/mol.